The fourth-order valence-corrected chi connectivity index (χ4v) is 1.68. The monoisotopic (exact) mass is 285 g/mol. The molecule has 86 valence electrons. The number of carboxylic acid groups (broad SMARTS) is 1. The van der Waals surface area contributed by atoms with Gasteiger partial charge in [0.25, 0.3) is 5.91 Å². The first-order valence-corrected chi connectivity index (χ1v) is 5.63. The predicted molar refractivity (Wildman–Crippen MR) is 63.3 cm³/mol. The van der Waals surface area contributed by atoms with E-state index < -0.39 is 12.0 Å². The largest absolute Gasteiger partial charge is 0.480 e. The molecule has 0 bridgehead atoms. The van der Waals surface area contributed by atoms with Gasteiger partial charge in [-0.2, -0.15) is 0 Å². The summed E-state index contributed by atoms with van der Waals surface area (Å²) in [4.78, 5) is 22.5. The van der Waals surface area contributed by atoms with E-state index in [9.17, 15) is 9.59 Å². The van der Waals surface area contributed by atoms with Gasteiger partial charge in [0, 0.05) is 4.47 Å². The summed E-state index contributed by atoms with van der Waals surface area (Å²) in [5, 5.41) is 11.3. The molecule has 16 heavy (non-hydrogen) atoms. The van der Waals surface area contributed by atoms with Gasteiger partial charge in [-0.3, -0.25) is 4.79 Å². The van der Waals surface area contributed by atoms with E-state index in [0.717, 1.165) is 0 Å². The fraction of sp³-hybridized carbons (Fsp3) is 0.273. The van der Waals surface area contributed by atoms with Crippen LogP contribution in [0.1, 0.15) is 23.7 Å². The molecule has 0 heterocycles. The molecule has 0 aliphatic rings. The number of nitrogens with one attached hydrogen (secondary N) is 1. The Bertz CT molecular complexity index is 406. The minimum Gasteiger partial charge on any atom is -0.480 e. The zero-order valence-corrected chi connectivity index (χ0v) is 10.3. The molecule has 1 aromatic rings. The van der Waals surface area contributed by atoms with Crippen LogP contribution in [0.3, 0.4) is 0 Å². The van der Waals surface area contributed by atoms with Gasteiger partial charge >= 0.3 is 5.97 Å². The molecule has 0 unspecified atom stereocenters. The van der Waals surface area contributed by atoms with Crippen LogP contribution in [-0.2, 0) is 4.79 Å². The normalized spacial score (nSPS) is 11.9. The third-order valence-electron chi connectivity index (χ3n) is 2.13. The molecule has 1 amide bonds. The van der Waals surface area contributed by atoms with Gasteiger partial charge < -0.3 is 10.4 Å². The lowest BCUT2D eigenvalue weighted by molar-refractivity contribution is -0.139. The van der Waals surface area contributed by atoms with Gasteiger partial charge in [0.15, 0.2) is 0 Å². The van der Waals surface area contributed by atoms with E-state index in [1.165, 1.54) is 0 Å². The summed E-state index contributed by atoms with van der Waals surface area (Å²) in [6.45, 7) is 1.71. The Morgan fingerprint density at radius 2 is 2.06 bits per heavy atom. The van der Waals surface area contributed by atoms with Crippen molar-refractivity contribution in [1.82, 2.24) is 5.32 Å². The molecule has 0 radical (unpaired) electrons. The van der Waals surface area contributed by atoms with Gasteiger partial charge in [-0.25, -0.2) is 4.79 Å². The summed E-state index contributed by atoms with van der Waals surface area (Å²) in [6.07, 6.45) is 0.353. The number of hydrogen-bond donors (Lipinski definition) is 2. The van der Waals surface area contributed by atoms with E-state index in [1.807, 2.05) is 0 Å². The first kappa shape index (κ1) is 12.7. The van der Waals surface area contributed by atoms with Crippen molar-refractivity contribution in [2.24, 2.45) is 0 Å². The molecule has 0 aliphatic heterocycles. The second kappa shape index (κ2) is 5.65. The lowest BCUT2D eigenvalue weighted by atomic mass is 10.1. The molecular formula is C11H12BrNO3. The van der Waals surface area contributed by atoms with Crippen LogP contribution in [0.5, 0.6) is 0 Å². The van der Waals surface area contributed by atoms with Crippen LogP contribution < -0.4 is 5.32 Å². The first-order valence-electron chi connectivity index (χ1n) is 4.84. The van der Waals surface area contributed by atoms with Crippen LogP contribution in [0.25, 0.3) is 0 Å². The van der Waals surface area contributed by atoms with Crippen LogP contribution in [-0.4, -0.2) is 23.0 Å². The standard InChI is InChI=1S/C11H12BrNO3/c1-2-9(11(15)16)13-10(14)7-5-3-4-6-8(7)12/h3-6,9H,2H2,1H3,(H,13,14)(H,15,16)/t9-/m0/s1. The molecule has 0 aromatic heterocycles. The van der Waals surface area contributed by atoms with Crippen LogP contribution in [0.2, 0.25) is 0 Å². The van der Waals surface area contributed by atoms with E-state index in [0.29, 0.717) is 16.5 Å². The Balaban J connectivity index is 2.80. The maximum absolute atomic E-state index is 11.7. The minimum absolute atomic E-state index is 0.353. The maximum Gasteiger partial charge on any atom is 0.326 e. The van der Waals surface area contributed by atoms with E-state index >= 15 is 0 Å². The highest BCUT2D eigenvalue weighted by molar-refractivity contribution is 9.10. The van der Waals surface area contributed by atoms with Crippen molar-refractivity contribution in [2.75, 3.05) is 0 Å². The lowest BCUT2D eigenvalue weighted by Gasteiger charge is -2.12. The van der Waals surface area contributed by atoms with E-state index in [1.54, 1.807) is 31.2 Å². The second-order valence-corrected chi connectivity index (χ2v) is 4.11. The summed E-state index contributed by atoms with van der Waals surface area (Å²) in [5.74, 6) is -1.41. The summed E-state index contributed by atoms with van der Waals surface area (Å²) in [6, 6.07) is 6.03. The summed E-state index contributed by atoms with van der Waals surface area (Å²) >= 11 is 3.24. The predicted octanol–water partition coefficient (Wildman–Crippen LogP) is 2.04. The average molecular weight is 286 g/mol. The van der Waals surface area contributed by atoms with Gasteiger partial charge in [0.2, 0.25) is 0 Å². The molecule has 0 spiro atoms. The molecule has 1 aromatic carbocycles. The summed E-state index contributed by atoms with van der Waals surface area (Å²) < 4.78 is 0.646. The van der Waals surface area contributed by atoms with Gasteiger partial charge in [-0.15, -0.1) is 0 Å². The van der Waals surface area contributed by atoms with Crippen molar-refractivity contribution in [3.8, 4) is 0 Å². The Morgan fingerprint density at radius 1 is 1.44 bits per heavy atom. The van der Waals surface area contributed by atoms with Crippen molar-refractivity contribution in [3.63, 3.8) is 0 Å². The van der Waals surface area contributed by atoms with E-state index in [4.69, 9.17) is 5.11 Å². The highest BCUT2D eigenvalue weighted by Crippen LogP contribution is 2.15. The van der Waals surface area contributed by atoms with Crippen LogP contribution >= 0.6 is 15.9 Å². The number of benzene rings is 1. The summed E-state index contributed by atoms with van der Waals surface area (Å²) in [7, 11) is 0. The average Bonchev–Trinajstić information content (AvgIpc) is 2.25. The van der Waals surface area contributed by atoms with Crippen LogP contribution in [0, 0.1) is 0 Å². The first-order chi connectivity index (χ1) is 7.56. The second-order valence-electron chi connectivity index (χ2n) is 3.25. The number of carboxylic acids is 1. The zero-order valence-electron chi connectivity index (χ0n) is 8.74. The van der Waals surface area contributed by atoms with Crippen molar-refractivity contribution >= 4 is 27.8 Å². The van der Waals surface area contributed by atoms with Crippen molar-refractivity contribution in [2.45, 2.75) is 19.4 Å². The number of carbonyl (C=O) groups excluding carboxylic acids is 1. The minimum atomic E-state index is -1.03. The molecule has 0 aliphatic carbocycles. The topological polar surface area (TPSA) is 66.4 Å². The van der Waals surface area contributed by atoms with Crippen LogP contribution in [0.15, 0.2) is 28.7 Å². The van der Waals surface area contributed by atoms with E-state index in [-0.39, 0.29) is 5.91 Å². The fourth-order valence-electron chi connectivity index (χ4n) is 1.22. The highest BCUT2D eigenvalue weighted by atomic mass is 79.9. The molecule has 5 heteroatoms. The van der Waals surface area contributed by atoms with E-state index in [2.05, 4.69) is 21.2 Å². The van der Waals surface area contributed by atoms with Crippen LogP contribution in [0.4, 0.5) is 0 Å². The number of halogens is 1. The smallest absolute Gasteiger partial charge is 0.326 e. The SMILES string of the molecule is CC[C@H](NC(=O)c1ccccc1Br)C(=O)O. The maximum atomic E-state index is 11.7. The molecule has 0 fully saturated rings. The van der Waals surface area contributed by atoms with Crippen molar-refractivity contribution in [3.05, 3.63) is 34.3 Å². The molecule has 1 rings (SSSR count). The van der Waals surface area contributed by atoms with Gasteiger partial charge in [0.05, 0.1) is 5.56 Å². The quantitative estimate of drug-likeness (QED) is 0.890. The van der Waals surface area contributed by atoms with Crippen molar-refractivity contribution in [1.29, 1.82) is 0 Å². The summed E-state index contributed by atoms with van der Waals surface area (Å²) in [5.41, 5.74) is 0.433. The Kier molecular flexibility index (Phi) is 4.49. The molecule has 4 nitrogen and oxygen atoms in total. The Morgan fingerprint density at radius 3 is 2.56 bits per heavy atom. The number of rotatable bonds is 4. The molecule has 0 saturated heterocycles. The number of aliphatic carboxylic acids is 1. The number of carbonyl (C=O) groups is 2. The van der Waals surface area contributed by atoms with Gasteiger partial charge in [0.1, 0.15) is 6.04 Å². The third-order valence-corrected chi connectivity index (χ3v) is 2.82. The van der Waals surface area contributed by atoms with Gasteiger partial charge in [-0.05, 0) is 34.5 Å². The van der Waals surface area contributed by atoms with Crippen molar-refractivity contribution < 1.29 is 14.7 Å². The number of amides is 1. The molecular weight excluding hydrogens is 274 g/mol. The zero-order chi connectivity index (χ0) is 12.1. The lowest BCUT2D eigenvalue weighted by Crippen LogP contribution is -2.40. The highest BCUT2D eigenvalue weighted by Gasteiger charge is 2.19. The molecule has 0 saturated carbocycles. The number of hydrogen-bond acceptors (Lipinski definition) is 2. The third kappa shape index (κ3) is 3.06. The molecule has 2 N–H and O–H groups in total. The Labute approximate surface area is 102 Å². The molecule has 1 atom stereocenters. The van der Waals surface area contributed by atoms with Gasteiger partial charge in [-0.1, -0.05) is 19.1 Å². The Hall–Kier alpha value is -1.36.